The summed E-state index contributed by atoms with van der Waals surface area (Å²) in [6, 6.07) is 25.3. The van der Waals surface area contributed by atoms with E-state index in [1.807, 2.05) is 18.2 Å². The van der Waals surface area contributed by atoms with Gasteiger partial charge in [-0.1, -0.05) is 60.7 Å². The first-order valence-electron chi connectivity index (χ1n) is 12.0. The van der Waals surface area contributed by atoms with Gasteiger partial charge in [0.1, 0.15) is 6.07 Å². The van der Waals surface area contributed by atoms with E-state index in [9.17, 15) is 21.0 Å². The summed E-state index contributed by atoms with van der Waals surface area (Å²) < 4.78 is 0. The van der Waals surface area contributed by atoms with Crippen molar-refractivity contribution >= 4 is 22.4 Å². The zero-order chi connectivity index (χ0) is 30.0. The lowest BCUT2D eigenvalue weighted by Crippen LogP contribution is -2.04. The molecule has 0 N–H and O–H groups in total. The fourth-order valence-electron chi connectivity index (χ4n) is 5.44. The van der Waals surface area contributed by atoms with Crippen molar-refractivity contribution in [2.24, 2.45) is 0 Å². The highest BCUT2D eigenvalue weighted by molar-refractivity contribution is 6.22. The molecular weight excluding hydrogens is 520 g/mol. The minimum absolute atomic E-state index is 0.0491. The quantitative estimate of drug-likeness (QED) is 0.250. The fraction of sp³-hybridized carbons (Fsp3) is 0. The summed E-state index contributed by atoms with van der Waals surface area (Å²) in [5.74, 6) is 0. The van der Waals surface area contributed by atoms with Gasteiger partial charge in [-0.2, -0.15) is 10.5 Å². The number of nitrogens with zero attached hydrogens (tertiary/aromatic N) is 8. The molecule has 0 radical (unpaired) electrons. The summed E-state index contributed by atoms with van der Waals surface area (Å²) in [5, 5.41) is 40.7. The smallest absolute Gasteiger partial charge is 0.251 e. The van der Waals surface area contributed by atoms with Gasteiger partial charge in [0, 0.05) is 11.1 Å². The van der Waals surface area contributed by atoms with Gasteiger partial charge in [-0.15, -0.1) is 0 Å². The second-order valence-corrected chi connectivity index (χ2v) is 8.77. The van der Waals surface area contributed by atoms with Crippen LogP contribution in [0.3, 0.4) is 0 Å². The molecule has 0 atom stereocenters. The van der Waals surface area contributed by atoms with Crippen LogP contribution in [0.1, 0.15) is 22.3 Å². The van der Waals surface area contributed by atoms with Crippen LogP contribution in [0.2, 0.25) is 0 Å². The summed E-state index contributed by atoms with van der Waals surface area (Å²) in [7, 11) is 0. The number of fused-ring (bicyclic) bond motifs is 2. The maximum atomic E-state index is 10.4. The van der Waals surface area contributed by atoms with Crippen molar-refractivity contribution < 1.29 is 0 Å². The lowest BCUT2D eigenvalue weighted by atomic mass is 9.79. The summed E-state index contributed by atoms with van der Waals surface area (Å²) in [4.78, 5) is 14.1. The van der Waals surface area contributed by atoms with Crippen LogP contribution in [0.4, 0.5) is 0 Å². The van der Waals surface area contributed by atoms with E-state index in [0.29, 0.717) is 22.3 Å². The maximum absolute atomic E-state index is 10.4. The Kier molecular flexibility index (Phi) is 6.45. The molecule has 0 unspecified atom stereocenters. The van der Waals surface area contributed by atoms with Gasteiger partial charge in [-0.3, -0.25) is 4.85 Å². The highest BCUT2D eigenvalue weighted by Crippen LogP contribution is 2.60. The number of nitriles is 4. The Morgan fingerprint density at radius 1 is 0.500 bits per heavy atom. The Hall–Kier alpha value is -7.46. The number of hydrogen-bond donors (Lipinski definition) is 0. The number of rotatable bonds is 2. The Morgan fingerprint density at radius 2 is 0.952 bits per heavy atom. The molecule has 0 bridgehead atoms. The van der Waals surface area contributed by atoms with Crippen molar-refractivity contribution in [3.8, 4) is 46.5 Å². The molecule has 3 aromatic carbocycles. The maximum Gasteiger partial charge on any atom is 0.270 e. The average molecular weight is 531 g/mol. The summed E-state index contributed by atoms with van der Waals surface area (Å²) in [6.07, 6.45) is 0. The predicted octanol–water partition coefficient (Wildman–Crippen LogP) is 7.66. The molecule has 0 amide bonds. The molecule has 0 saturated heterocycles. The Balaban J connectivity index is 2.28. The standard InChI is InChI=1S/C34H10N8/c1-39-23(17-37)27-21(15-35)22(16-36)28-25(19-11-7-5-8-12-19)32-31(26(30(27)28)20-13-9-6-10-14-20)29(24(18-38)40-2)33(41-3)34(32)42-4/h5-14H/b27-23-,29-24-. The number of hydrogen-bond acceptors (Lipinski definition) is 4. The highest BCUT2D eigenvalue weighted by Gasteiger charge is 2.43. The molecule has 0 fully saturated rings. The molecule has 42 heavy (non-hydrogen) atoms. The first kappa shape index (κ1) is 26.2. The van der Waals surface area contributed by atoms with E-state index < -0.39 is 11.4 Å². The molecule has 2 aliphatic rings. The van der Waals surface area contributed by atoms with Crippen LogP contribution >= 0.6 is 0 Å². The van der Waals surface area contributed by atoms with Crippen LogP contribution in [-0.2, 0) is 0 Å². The first-order chi connectivity index (χ1) is 20.6. The Labute approximate surface area is 241 Å². The largest absolute Gasteiger partial charge is 0.270 e. The van der Waals surface area contributed by atoms with E-state index >= 15 is 0 Å². The van der Waals surface area contributed by atoms with Crippen LogP contribution in [0.15, 0.2) is 83.3 Å². The zero-order valence-corrected chi connectivity index (χ0v) is 21.4. The molecular formula is C34H10N8. The summed E-state index contributed by atoms with van der Waals surface area (Å²) in [6.45, 7) is 31.6. The number of benzene rings is 3. The lowest BCUT2D eigenvalue weighted by Gasteiger charge is -2.24. The molecule has 2 aliphatic carbocycles. The topological polar surface area (TPSA) is 113 Å². The molecule has 186 valence electrons. The zero-order valence-electron chi connectivity index (χ0n) is 21.4. The van der Waals surface area contributed by atoms with Crippen LogP contribution in [-0.4, -0.2) is 0 Å². The van der Waals surface area contributed by atoms with Gasteiger partial charge in [0.15, 0.2) is 5.70 Å². The Morgan fingerprint density at radius 3 is 1.38 bits per heavy atom. The molecule has 0 aromatic heterocycles. The minimum Gasteiger partial charge on any atom is -0.251 e. The van der Waals surface area contributed by atoms with Gasteiger partial charge in [0.2, 0.25) is 5.70 Å². The van der Waals surface area contributed by atoms with Crippen molar-refractivity contribution in [3.63, 3.8) is 0 Å². The third kappa shape index (κ3) is 3.47. The van der Waals surface area contributed by atoms with Crippen molar-refractivity contribution in [3.05, 3.63) is 151 Å². The number of allylic oxidation sites excluding steroid dienone is 6. The summed E-state index contributed by atoms with van der Waals surface area (Å²) in [5.41, 5.74) is 1.08. The van der Waals surface area contributed by atoms with Crippen LogP contribution < -0.4 is 0 Å². The van der Waals surface area contributed by atoms with Gasteiger partial charge in [-0.25, -0.2) is 25.1 Å². The monoisotopic (exact) mass is 530 g/mol. The molecule has 3 aromatic rings. The minimum atomic E-state index is -0.424. The summed E-state index contributed by atoms with van der Waals surface area (Å²) >= 11 is 0. The Bertz CT molecular complexity index is 2090. The molecule has 8 heteroatoms. The van der Waals surface area contributed by atoms with E-state index in [2.05, 4.69) is 25.4 Å². The normalized spacial score (nSPS) is 14.9. The average Bonchev–Trinajstić information content (AvgIpc) is 3.54. The molecule has 0 aliphatic heterocycles. The third-order valence-corrected chi connectivity index (χ3v) is 6.93. The van der Waals surface area contributed by atoms with Crippen molar-refractivity contribution in [1.82, 2.24) is 0 Å². The lowest BCUT2D eigenvalue weighted by molar-refractivity contribution is 1.45. The molecule has 5 rings (SSSR count). The van der Waals surface area contributed by atoms with E-state index in [1.54, 1.807) is 60.7 Å². The van der Waals surface area contributed by atoms with Gasteiger partial charge in [-0.05, 0) is 44.5 Å². The molecule has 8 nitrogen and oxygen atoms in total. The predicted molar refractivity (Wildman–Crippen MR) is 154 cm³/mol. The third-order valence-electron chi connectivity index (χ3n) is 6.93. The van der Waals surface area contributed by atoms with Crippen LogP contribution in [0, 0.1) is 71.6 Å². The van der Waals surface area contributed by atoms with Crippen LogP contribution in [0.5, 0.6) is 0 Å². The molecule has 0 saturated carbocycles. The van der Waals surface area contributed by atoms with E-state index in [4.69, 9.17) is 26.3 Å². The molecule has 0 heterocycles. The van der Waals surface area contributed by atoms with Crippen molar-refractivity contribution in [2.45, 2.75) is 0 Å². The second-order valence-electron chi connectivity index (χ2n) is 8.77. The van der Waals surface area contributed by atoms with Crippen molar-refractivity contribution in [2.75, 3.05) is 0 Å². The highest BCUT2D eigenvalue weighted by atomic mass is 14.8. The van der Waals surface area contributed by atoms with Crippen LogP contribution in [0.25, 0.3) is 64.1 Å². The SMILES string of the molecule is [C-]#[N+]C1=C([N+]#[C-])c2c(c(-c3ccccc3)c3c(c2-c2ccccc2)C(C#N)=C(C#N)/C3=C(\C#N)[N+]#[C-])/C1=C(\C#N)[N+]#[C-]. The van der Waals surface area contributed by atoms with Gasteiger partial charge < -0.3 is 0 Å². The van der Waals surface area contributed by atoms with Gasteiger partial charge in [0.05, 0.1) is 55.6 Å². The van der Waals surface area contributed by atoms with E-state index in [0.717, 1.165) is 0 Å². The van der Waals surface area contributed by atoms with Crippen molar-refractivity contribution in [1.29, 1.82) is 21.0 Å². The fourth-order valence-corrected chi connectivity index (χ4v) is 5.44. The van der Waals surface area contributed by atoms with E-state index in [-0.39, 0.29) is 55.9 Å². The van der Waals surface area contributed by atoms with Gasteiger partial charge >= 0.3 is 0 Å². The van der Waals surface area contributed by atoms with E-state index in [1.165, 1.54) is 0 Å². The molecule has 0 spiro atoms. The first-order valence-corrected chi connectivity index (χ1v) is 12.0. The van der Waals surface area contributed by atoms with Gasteiger partial charge in [0.25, 0.3) is 11.4 Å². The second kappa shape index (κ2) is 10.4.